The molecule has 1 amide bonds. The van der Waals surface area contributed by atoms with Crippen molar-refractivity contribution in [2.75, 3.05) is 20.1 Å². The molecule has 0 fully saturated rings. The fraction of sp³-hybridized carbons (Fsp3) is 0.700. The van der Waals surface area contributed by atoms with Crippen LogP contribution in [0.4, 0.5) is 0 Å². The van der Waals surface area contributed by atoms with Gasteiger partial charge < -0.3 is 27.2 Å². The maximum absolute atomic E-state index is 11.6. The van der Waals surface area contributed by atoms with E-state index in [4.69, 9.17) is 22.3 Å². The van der Waals surface area contributed by atoms with Gasteiger partial charge in [-0.3, -0.25) is 14.6 Å². The number of hydrogen-bond donors (Lipinski definition) is 4. The first-order valence-electron chi connectivity index (χ1n) is 5.62. The predicted octanol–water partition coefficient (Wildman–Crippen LogP) is -1.70. The lowest BCUT2D eigenvalue weighted by atomic mass is 10.1. The molecular formula is C10H21N5O3. The number of carboxylic acids is 1. The lowest BCUT2D eigenvalue weighted by Crippen LogP contribution is -2.43. The monoisotopic (exact) mass is 259 g/mol. The van der Waals surface area contributed by atoms with Gasteiger partial charge in [0.25, 0.3) is 0 Å². The van der Waals surface area contributed by atoms with Crippen LogP contribution in [-0.4, -0.2) is 54.0 Å². The number of guanidine groups is 1. The van der Waals surface area contributed by atoms with Crippen molar-refractivity contribution in [1.82, 2.24) is 4.90 Å². The second-order valence-corrected chi connectivity index (χ2v) is 4.00. The van der Waals surface area contributed by atoms with Gasteiger partial charge in [-0.15, -0.1) is 0 Å². The maximum Gasteiger partial charge on any atom is 0.323 e. The standard InChI is InChI=1S/C10H21N5O3/c1-15(6-8(16)17)9(18)7(11)4-2-3-5-14-10(12)13/h7H,2-6,11H2,1H3,(H,16,17)(H4,12,13,14)/t7-/m0/s1. The van der Waals surface area contributed by atoms with E-state index < -0.39 is 12.0 Å². The summed E-state index contributed by atoms with van der Waals surface area (Å²) >= 11 is 0. The van der Waals surface area contributed by atoms with Crippen LogP contribution in [0.15, 0.2) is 4.99 Å². The van der Waals surface area contributed by atoms with Crippen LogP contribution < -0.4 is 17.2 Å². The summed E-state index contributed by atoms with van der Waals surface area (Å²) in [4.78, 5) is 26.9. The third kappa shape index (κ3) is 7.44. The lowest BCUT2D eigenvalue weighted by molar-refractivity contribution is -0.144. The summed E-state index contributed by atoms with van der Waals surface area (Å²) in [5, 5.41) is 8.54. The highest BCUT2D eigenvalue weighted by Crippen LogP contribution is 2.02. The highest BCUT2D eigenvalue weighted by Gasteiger charge is 2.19. The van der Waals surface area contributed by atoms with Gasteiger partial charge in [0, 0.05) is 13.6 Å². The van der Waals surface area contributed by atoms with Crippen molar-refractivity contribution in [3.63, 3.8) is 0 Å². The van der Waals surface area contributed by atoms with Crippen LogP contribution in [0.3, 0.4) is 0 Å². The zero-order valence-corrected chi connectivity index (χ0v) is 10.5. The summed E-state index contributed by atoms with van der Waals surface area (Å²) in [6, 6.07) is -0.687. The van der Waals surface area contributed by atoms with Crippen LogP contribution in [0.2, 0.25) is 0 Å². The zero-order valence-electron chi connectivity index (χ0n) is 10.5. The average Bonchev–Trinajstić information content (AvgIpc) is 2.25. The second kappa shape index (κ2) is 8.29. The number of hydrogen-bond acceptors (Lipinski definition) is 4. The molecule has 0 unspecified atom stereocenters. The Bertz CT molecular complexity index is 315. The van der Waals surface area contributed by atoms with Crippen LogP contribution in [0.5, 0.6) is 0 Å². The number of rotatable bonds is 8. The number of aliphatic imine (C=N–C) groups is 1. The quantitative estimate of drug-likeness (QED) is 0.232. The van der Waals surface area contributed by atoms with Gasteiger partial charge in [0.2, 0.25) is 5.91 Å². The van der Waals surface area contributed by atoms with E-state index in [2.05, 4.69) is 4.99 Å². The van der Waals surface area contributed by atoms with Crippen molar-refractivity contribution in [3.05, 3.63) is 0 Å². The van der Waals surface area contributed by atoms with Crippen molar-refractivity contribution in [3.8, 4) is 0 Å². The fourth-order valence-electron chi connectivity index (χ4n) is 1.37. The van der Waals surface area contributed by atoms with Crippen molar-refractivity contribution in [2.24, 2.45) is 22.2 Å². The Morgan fingerprint density at radius 3 is 2.44 bits per heavy atom. The maximum atomic E-state index is 11.6. The first-order valence-corrected chi connectivity index (χ1v) is 5.62. The number of amides is 1. The van der Waals surface area contributed by atoms with Crippen LogP contribution in [0.1, 0.15) is 19.3 Å². The minimum absolute atomic E-state index is 0.0385. The summed E-state index contributed by atoms with van der Waals surface area (Å²) in [5.41, 5.74) is 16.0. The van der Waals surface area contributed by atoms with Crippen molar-refractivity contribution < 1.29 is 14.7 Å². The van der Waals surface area contributed by atoms with Gasteiger partial charge in [0.05, 0.1) is 6.04 Å². The third-order valence-electron chi connectivity index (χ3n) is 2.28. The van der Waals surface area contributed by atoms with Gasteiger partial charge in [-0.2, -0.15) is 0 Å². The summed E-state index contributed by atoms with van der Waals surface area (Å²) in [7, 11) is 1.41. The summed E-state index contributed by atoms with van der Waals surface area (Å²) in [6.07, 6.45) is 1.90. The fourth-order valence-corrected chi connectivity index (χ4v) is 1.37. The van der Waals surface area contributed by atoms with E-state index in [-0.39, 0.29) is 18.4 Å². The van der Waals surface area contributed by atoms with Crippen LogP contribution >= 0.6 is 0 Å². The summed E-state index contributed by atoms with van der Waals surface area (Å²) < 4.78 is 0. The Kier molecular flexibility index (Phi) is 7.45. The molecule has 8 heteroatoms. The first-order chi connectivity index (χ1) is 8.34. The Labute approximate surface area is 106 Å². The van der Waals surface area contributed by atoms with Gasteiger partial charge in [0.15, 0.2) is 5.96 Å². The number of carbonyl (C=O) groups is 2. The molecule has 0 bridgehead atoms. The Hall–Kier alpha value is -1.83. The molecule has 7 N–H and O–H groups in total. The van der Waals surface area contributed by atoms with Crippen LogP contribution in [-0.2, 0) is 9.59 Å². The molecule has 0 saturated carbocycles. The second-order valence-electron chi connectivity index (χ2n) is 4.00. The topological polar surface area (TPSA) is 148 Å². The van der Waals surface area contributed by atoms with E-state index in [0.717, 1.165) is 11.3 Å². The smallest absolute Gasteiger partial charge is 0.323 e. The van der Waals surface area contributed by atoms with E-state index in [0.29, 0.717) is 19.4 Å². The molecule has 0 aromatic carbocycles. The number of aliphatic carboxylic acids is 1. The molecule has 0 aliphatic carbocycles. The molecule has 18 heavy (non-hydrogen) atoms. The summed E-state index contributed by atoms with van der Waals surface area (Å²) in [6.45, 7) is 0.148. The Morgan fingerprint density at radius 1 is 1.33 bits per heavy atom. The van der Waals surface area contributed by atoms with Gasteiger partial charge in [-0.1, -0.05) is 0 Å². The number of unbranched alkanes of at least 4 members (excludes halogenated alkanes) is 1. The predicted molar refractivity (Wildman–Crippen MR) is 67.8 cm³/mol. The number of carboxylic acid groups (broad SMARTS) is 1. The van der Waals surface area contributed by atoms with Crippen LogP contribution in [0.25, 0.3) is 0 Å². The molecular weight excluding hydrogens is 238 g/mol. The number of nitrogens with two attached hydrogens (primary N) is 3. The Morgan fingerprint density at radius 2 is 1.94 bits per heavy atom. The first kappa shape index (κ1) is 16.2. The molecule has 1 atom stereocenters. The molecule has 0 spiro atoms. The molecule has 0 aromatic rings. The van der Waals surface area contributed by atoms with Crippen LogP contribution in [0, 0.1) is 0 Å². The molecule has 0 heterocycles. The van der Waals surface area contributed by atoms with E-state index in [9.17, 15) is 9.59 Å². The van der Waals surface area contributed by atoms with Crippen molar-refractivity contribution >= 4 is 17.8 Å². The van der Waals surface area contributed by atoms with Gasteiger partial charge in [-0.05, 0) is 19.3 Å². The number of nitrogens with zero attached hydrogens (tertiary/aromatic N) is 2. The molecule has 104 valence electrons. The van der Waals surface area contributed by atoms with Gasteiger partial charge in [-0.25, -0.2) is 0 Å². The SMILES string of the molecule is CN(CC(=O)O)C(=O)[C@@H](N)CCCCN=C(N)N. The normalized spacial score (nSPS) is 11.7. The van der Waals surface area contributed by atoms with Crippen molar-refractivity contribution in [2.45, 2.75) is 25.3 Å². The van der Waals surface area contributed by atoms with Crippen molar-refractivity contribution in [1.29, 1.82) is 0 Å². The highest BCUT2D eigenvalue weighted by atomic mass is 16.4. The van der Waals surface area contributed by atoms with E-state index in [1.165, 1.54) is 7.05 Å². The minimum atomic E-state index is -1.06. The summed E-state index contributed by atoms with van der Waals surface area (Å²) in [5.74, 6) is -1.40. The average molecular weight is 259 g/mol. The molecule has 0 rings (SSSR count). The molecule has 0 saturated heterocycles. The zero-order chi connectivity index (χ0) is 14.1. The Balaban J connectivity index is 3.87. The molecule has 0 radical (unpaired) electrons. The molecule has 0 aliphatic heterocycles. The number of carbonyl (C=O) groups excluding carboxylic acids is 1. The molecule has 0 aromatic heterocycles. The molecule has 8 nitrogen and oxygen atoms in total. The lowest BCUT2D eigenvalue weighted by Gasteiger charge is -2.19. The molecule has 0 aliphatic rings. The highest BCUT2D eigenvalue weighted by molar-refractivity contribution is 5.84. The van der Waals surface area contributed by atoms with Gasteiger partial charge >= 0.3 is 5.97 Å². The van der Waals surface area contributed by atoms with E-state index >= 15 is 0 Å². The van der Waals surface area contributed by atoms with Gasteiger partial charge in [0.1, 0.15) is 6.54 Å². The number of likely N-dealkylation sites (N-methyl/N-ethyl adjacent to an activating group) is 1. The third-order valence-corrected chi connectivity index (χ3v) is 2.28. The minimum Gasteiger partial charge on any atom is -0.480 e. The van der Waals surface area contributed by atoms with E-state index in [1.807, 2.05) is 0 Å². The van der Waals surface area contributed by atoms with E-state index in [1.54, 1.807) is 0 Å². The largest absolute Gasteiger partial charge is 0.480 e.